The first-order valence-electron chi connectivity index (χ1n) is 6.62. The Morgan fingerprint density at radius 3 is 2.88 bits per heavy atom. The molecule has 2 aliphatic carbocycles. The summed E-state index contributed by atoms with van der Waals surface area (Å²) in [6, 6.07) is 0. The predicted octanol–water partition coefficient (Wildman–Crippen LogP) is 3.55. The van der Waals surface area contributed by atoms with Gasteiger partial charge in [-0.15, -0.1) is 0 Å². The van der Waals surface area contributed by atoms with Crippen molar-refractivity contribution in [1.82, 2.24) is 4.90 Å². The molecule has 1 fully saturated rings. The molecule has 2 aliphatic rings. The van der Waals surface area contributed by atoms with Crippen LogP contribution in [0, 0.1) is 5.92 Å². The first-order chi connectivity index (χ1) is 7.88. The van der Waals surface area contributed by atoms with Crippen LogP contribution in [-0.4, -0.2) is 24.5 Å². The van der Waals surface area contributed by atoms with Gasteiger partial charge in [0.1, 0.15) is 0 Å². The molecule has 0 bridgehead atoms. The molecule has 0 amide bonds. The van der Waals surface area contributed by atoms with E-state index < -0.39 is 0 Å². The Balaban J connectivity index is 1.73. The normalized spacial score (nSPS) is 20.0. The summed E-state index contributed by atoms with van der Waals surface area (Å²) in [4.78, 5) is 2.61. The molecule has 0 spiro atoms. The van der Waals surface area contributed by atoms with Crippen molar-refractivity contribution >= 4 is 0 Å². The van der Waals surface area contributed by atoms with E-state index in [0.717, 1.165) is 12.3 Å². The zero-order valence-electron chi connectivity index (χ0n) is 10.4. The van der Waals surface area contributed by atoms with Crippen LogP contribution in [0.2, 0.25) is 0 Å². The zero-order valence-corrected chi connectivity index (χ0v) is 10.4. The minimum absolute atomic E-state index is 1.02. The molecule has 2 rings (SSSR count). The van der Waals surface area contributed by atoms with Crippen molar-refractivity contribution < 1.29 is 0 Å². The maximum absolute atomic E-state index is 2.61. The van der Waals surface area contributed by atoms with Crippen molar-refractivity contribution in [2.75, 3.05) is 19.6 Å². The van der Waals surface area contributed by atoms with Crippen LogP contribution in [0.5, 0.6) is 0 Å². The lowest BCUT2D eigenvalue weighted by molar-refractivity contribution is 0.279. The summed E-state index contributed by atoms with van der Waals surface area (Å²) in [5.41, 5.74) is 1.57. The van der Waals surface area contributed by atoms with E-state index in [0.29, 0.717) is 0 Å². The van der Waals surface area contributed by atoms with Gasteiger partial charge in [0.2, 0.25) is 0 Å². The molecule has 1 heteroatoms. The summed E-state index contributed by atoms with van der Waals surface area (Å²) in [5.74, 6) is 1.02. The standard InChI is InChI=1S/C15H23N/c1-2-16(13-15-9-10-15)12-11-14-7-5-3-4-6-8-14/h3-7,15H,2,8-13H2,1H3. The molecular weight excluding hydrogens is 194 g/mol. The number of hydrogen-bond donors (Lipinski definition) is 0. The van der Waals surface area contributed by atoms with Crippen LogP contribution in [0.15, 0.2) is 36.0 Å². The van der Waals surface area contributed by atoms with E-state index in [1.165, 1.54) is 38.9 Å². The Bertz CT molecular complexity index is 295. The van der Waals surface area contributed by atoms with Crippen LogP contribution in [0.25, 0.3) is 0 Å². The Morgan fingerprint density at radius 2 is 2.12 bits per heavy atom. The highest BCUT2D eigenvalue weighted by molar-refractivity contribution is 5.23. The minimum Gasteiger partial charge on any atom is -0.303 e. The SMILES string of the molecule is CCN(CCC1=CC=CC=CC1)CC1CC1. The average molecular weight is 217 g/mol. The minimum atomic E-state index is 1.02. The molecule has 0 aromatic heterocycles. The average Bonchev–Trinajstić information content (AvgIpc) is 3.11. The molecule has 0 aliphatic heterocycles. The maximum Gasteiger partial charge on any atom is 0.00188 e. The highest BCUT2D eigenvalue weighted by Gasteiger charge is 2.23. The van der Waals surface area contributed by atoms with Crippen molar-refractivity contribution in [2.45, 2.75) is 32.6 Å². The van der Waals surface area contributed by atoms with E-state index in [2.05, 4.69) is 42.2 Å². The van der Waals surface area contributed by atoms with Crippen LogP contribution in [0.1, 0.15) is 32.6 Å². The third-order valence-corrected chi connectivity index (χ3v) is 3.48. The molecule has 0 saturated heterocycles. The van der Waals surface area contributed by atoms with E-state index in [1.807, 2.05) is 0 Å². The first-order valence-corrected chi connectivity index (χ1v) is 6.62. The molecule has 0 aromatic rings. The van der Waals surface area contributed by atoms with Gasteiger partial charge in [0.15, 0.2) is 0 Å². The Labute approximate surface area is 99.5 Å². The third-order valence-electron chi connectivity index (χ3n) is 3.48. The molecule has 0 radical (unpaired) electrons. The van der Waals surface area contributed by atoms with Gasteiger partial charge in [-0.1, -0.05) is 42.9 Å². The summed E-state index contributed by atoms with van der Waals surface area (Å²) >= 11 is 0. The zero-order chi connectivity index (χ0) is 11.2. The van der Waals surface area contributed by atoms with E-state index in [1.54, 1.807) is 5.57 Å². The quantitative estimate of drug-likeness (QED) is 0.657. The molecule has 1 saturated carbocycles. The fourth-order valence-electron chi connectivity index (χ4n) is 2.15. The molecule has 0 N–H and O–H groups in total. The number of hydrogen-bond acceptors (Lipinski definition) is 1. The van der Waals surface area contributed by atoms with Crippen molar-refractivity contribution in [1.29, 1.82) is 0 Å². The number of allylic oxidation sites excluding steroid dienone is 5. The summed E-state index contributed by atoms with van der Waals surface area (Å²) < 4.78 is 0. The summed E-state index contributed by atoms with van der Waals surface area (Å²) in [6.07, 6.45) is 16.3. The van der Waals surface area contributed by atoms with Gasteiger partial charge < -0.3 is 4.90 Å². The first kappa shape index (κ1) is 11.7. The lowest BCUT2D eigenvalue weighted by Crippen LogP contribution is -2.27. The van der Waals surface area contributed by atoms with Crippen molar-refractivity contribution in [2.24, 2.45) is 5.92 Å². The Morgan fingerprint density at radius 1 is 1.25 bits per heavy atom. The molecule has 0 unspecified atom stereocenters. The van der Waals surface area contributed by atoms with Crippen LogP contribution in [-0.2, 0) is 0 Å². The monoisotopic (exact) mass is 217 g/mol. The van der Waals surface area contributed by atoms with Crippen LogP contribution in [0.3, 0.4) is 0 Å². The number of rotatable bonds is 6. The third kappa shape index (κ3) is 3.97. The molecule has 88 valence electrons. The van der Waals surface area contributed by atoms with E-state index in [-0.39, 0.29) is 0 Å². The van der Waals surface area contributed by atoms with Crippen molar-refractivity contribution in [3.63, 3.8) is 0 Å². The van der Waals surface area contributed by atoms with Crippen LogP contribution >= 0.6 is 0 Å². The van der Waals surface area contributed by atoms with E-state index in [9.17, 15) is 0 Å². The van der Waals surface area contributed by atoms with Gasteiger partial charge in [0.05, 0.1) is 0 Å². The van der Waals surface area contributed by atoms with E-state index in [4.69, 9.17) is 0 Å². The topological polar surface area (TPSA) is 3.24 Å². The molecule has 0 aromatic carbocycles. The van der Waals surface area contributed by atoms with Gasteiger partial charge in [-0.2, -0.15) is 0 Å². The van der Waals surface area contributed by atoms with Gasteiger partial charge in [-0.25, -0.2) is 0 Å². The molecule has 1 nitrogen and oxygen atoms in total. The molecule has 0 heterocycles. The molecular formula is C15H23N. The Kier molecular flexibility index (Phi) is 4.41. The highest BCUT2D eigenvalue weighted by atomic mass is 15.1. The lowest BCUT2D eigenvalue weighted by Gasteiger charge is -2.20. The van der Waals surface area contributed by atoms with Crippen molar-refractivity contribution in [3.8, 4) is 0 Å². The summed E-state index contributed by atoms with van der Waals surface area (Å²) in [7, 11) is 0. The second-order valence-corrected chi connectivity index (χ2v) is 4.93. The fraction of sp³-hybridized carbons (Fsp3) is 0.600. The van der Waals surface area contributed by atoms with Gasteiger partial charge in [0.25, 0.3) is 0 Å². The molecule has 0 atom stereocenters. The predicted molar refractivity (Wildman–Crippen MR) is 70.4 cm³/mol. The van der Waals surface area contributed by atoms with Crippen LogP contribution < -0.4 is 0 Å². The summed E-state index contributed by atoms with van der Waals surface area (Å²) in [5, 5.41) is 0. The highest BCUT2D eigenvalue weighted by Crippen LogP contribution is 2.29. The largest absolute Gasteiger partial charge is 0.303 e. The second-order valence-electron chi connectivity index (χ2n) is 4.93. The molecule has 16 heavy (non-hydrogen) atoms. The van der Waals surface area contributed by atoms with Crippen LogP contribution in [0.4, 0.5) is 0 Å². The van der Waals surface area contributed by atoms with Gasteiger partial charge in [0, 0.05) is 13.1 Å². The second kappa shape index (κ2) is 6.05. The van der Waals surface area contributed by atoms with Gasteiger partial charge in [-0.3, -0.25) is 0 Å². The number of nitrogens with zero attached hydrogens (tertiary/aromatic N) is 1. The fourth-order valence-corrected chi connectivity index (χ4v) is 2.15. The Hall–Kier alpha value is -0.820. The van der Waals surface area contributed by atoms with Crippen molar-refractivity contribution in [3.05, 3.63) is 36.0 Å². The van der Waals surface area contributed by atoms with Gasteiger partial charge >= 0.3 is 0 Å². The maximum atomic E-state index is 2.61. The lowest BCUT2D eigenvalue weighted by atomic mass is 10.1. The summed E-state index contributed by atoms with van der Waals surface area (Å²) in [6.45, 7) is 6.05. The van der Waals surface area contributed by atoms with Gasteiger partial charge in [-0.05, 0) is 38.1 Å². The smallest absolute Gasteiger partial charge is 0.00188 e. The van der Waals surface area contributed by atoms with E-state index >= 15 is 0 Å².